The van der Waals surface area contributed by atoms with Crippen LogP contribution >= 0.6 is 55.1 Å². The van der Waals surface area contributed by atoms with Crippen molar-refractivity contribution in [2.24, 2.45) is 0 Å². The highest BCUT2D eigenvalue weighted by Crippen LogP contribution is 2.44. The molecule has 13 nitrogen and oxygen atoms in total. The Morgan fingerprint density at radius 1 is 0.226 bits per heavy atom. The SMILES string of the molecule is Clc1cc(-n2c3ccccc3c3ccccc32)nc(-n2c3ccccc3c3ccccc32)c1.Clc1cc(Br)nc(Br)c1.c1cc(-c2ccc(Nc3ccc(-c4ccncc4)cc3)cc2)ccn1.c1ccc2c(c1)Cc1ccccc1-2.c1ccc2c(c1)c1ccccc1n2-c1cc(N(c2ccc(-c3ccncc3)cc2)c2ccc(-c3ccncc3)cc2)cc(-n2c3ccccc3c3ccccc32)n1. The Morgan fingerprint density at radius 2 is 0.453 bits per heavy atom. The lowest BCUT2D eigenvalue weighted by molar-refractivity contribution is 1.01. The molecule has 0 unspecified atom stereocenters. The fraction of sp³-hybridized carbons (Fsp3) is 0.00833. The fourth-order valence-electron chi connectivity index (χ4n) is 18.6. The summed E-state index contributed by atoms with van der Waals surface area (Å²) in [5, 5.41) is 14.3. The summed E-state index contributed by atoms with van der Waals surface area (Å²) in [7, 11) is 0. The average molecular weight is 1940 g/mol. The molecule has 1 N–H and O–H groups in total. The maximum Gasteiger partial charge on any atom is 0.142 e. The number of anilines is 5. The number of rotatable bonds is 13. The molecular weight excluding hydrogens is 1850 g/mol. The molecule has 0 saturated carbocycles. The van der Waals surface area contributed by atoms with Crippen LogP contribution in [-0.4, -0.2) is 53.2 Å². The topological polar surface area (TPSA) is 125 Å². The van der Waals surface area contributed by atoms with Crippen LogP contribution in [0.1, 0.15) is 11.1 Å². The molecule has 137 heavy (non-hydrogen) atoms. The maximum atomic E-state index is 6.72. The highest BCUT2D eigenvalue weighted by molar-refractivity contribution is 9.11. The first kappa shape index (κ1) is 85.9. The van der Waals surface area contributed by atoms with Crippen molar-refractivity contribution in [2.45, 2.75) is 6.42 Å². The molecule has 0 aliphatic heterocycles. The third-order valence-corrected chi connectivity index (χ3v) is 26.1. The normalized spacial score (nSPS) is 11.3. The van der Waals surface area contributed by atoms with Crippen LogP contribution < -0.4 is 10.2 Å². The van der Waals surface area contributed by atoms with E-state index in [0.29, 0.717) is 10.0 Å². The molecule has 0 radical (unpaired) electrons. The van der Waals surface area contributed by atoms with Gasteiger partial charge in [0, 0.05) is 150 Å². The van der Waals surface area contributed by atoms with E-state index in [9.17, 15) is 0 Å². The van der Waals surface area contributed by atoms with Gasteiger partial charge in [0.2, 0.25) is 0 Å². The Hall–Kier alpha value is -16.5. The van der Waals surface area contributed by atoms with Crippen LogP contribution in [-0.2, 0) is 6.42 Å². The molecule has 17 heteroatoms. The lowest BCUT2D eigenvalue weighted by atomic mass is 10.0. The zero-order chi connectivity index (χ0) is 92.1. The van der Waals surface area contributed by atoms with Crippen molar-refractivity contribution >= 4 is 171 Å². The van der Waals surface area contributed by atoms with Gasteiger partial charge in [-0.2, -0.15) is 0 Å². The van der Waals surface area contributed by atoms with Crippen LogP contribution in [0.15, 0.2) is 483 Å². The monoisotopic (exact) mass is 1930 g/mol. The predicted octanol–water partition coefficient (Wildman–Crippen LogP) is 32.9. The largest absolute Gasteiger partial charge is 0.356 e. The molecule has 14 aromatic carbocycles. The van der Waals surface area contributed by atoms with Crippen LogP contribution in [0.2, 0.25) is 10.0 Å². The van der Waals surface area contributed by atoms with Crippen molar-refractivity contribution in [3.8, 4) is 78.9 Å². The minimum Gasteiger partial charge on any atom is -0.356 e. The van der Waals surface area contributed by atoms with Crippen molar-refractivity contribution in [3.05, 3.63) is 505 Å². The number of pyridine rings is 7. The number of nitrogens with zero attached hydrogens (tertiary/aromatic N) is 12. The molecule has 0 spiro atoms. The van der Waals surface area contributed by atoms with Crippen LogP contribution in [0.25, 0.3) is 166 Å². The van der Waals surface area contributed by atoms with Gasteiger partial charge < -0.3 is 10.2 Å². The number of halogens is 4. The van der Waals surface area contributed by atoms with Gasteiger partial charge in [0.25, 0.3) is 0 Å². The molecular formula is C120H81Br2Cl2N13. The van der Waals surface area contributed by atoms with E-state index in [1.165, 1.54) is 87.6 Å². The summed E-state index contributed by atoms with van der Waals surface area (Å²) in [5.74, 6) is 3.26. The number of nitrogens with one attached hydrogen (secondary N) is 1. The fourth-order valence-corrected chi connectivity index (χ4v) is 20.4. The van der Waals surface area contributed by atoms with Crippen molar-refractivity contribution in [1.29, 1.82) is 0 Å². The first-order valence-electron chi connectivity index (χ1n) is 45.0. The third-order valence-electron chi connectivity index (χ3n) is 24.8. The molecule has 0 bridgehead atoms. The Balaban J connectivity index is 0.000000114. The van der Waals surface area contributed by atoms with Crippen LogP contribution in [0.4, 0.5) is 28.4 Å². The molecule has 0 amide bonds. The highest BCUT2D eigenvalue weighted by atomic mass is 79.9. The van der Waals surface area contributed by atoms with E-state index in [2.05, 4.69) is 437 Å². The van der Waals surface area contributed by atoms with Gasteiger partial charge in [-0.1, -0.05) is 266 Å². The first-order chi connectivity index (χ1) is 67.6. The number of para-hydroxylation sites is 8. The minimum atomic E-state index is 0.652. The molecule has 11 heterocycles. The second-order valence-electron chi connectivity index (χ2n) is 33.1. The second-order valence-corrected chi connectivity index (χ2v) is 35.6. The standard InChI is InChI=1S/C51H34N6.C29H18ClN3.C22H17N3.C13H10.C5H2Br2ClN/c1-5-13-46-42(9-1)43-10-2-6-14-47(43)56(46)50-33-41(34-51(54-50)57-48-15-7-3-11-44(48)45-12-4-8-16-49(45)57)55(39-21-17-35(18-22-39)37-25-29-52-30-26-37)40-23-19-36(20-24-40)38-27-31-53-32-28-38;30-19-17-28(32-24-13-5-1-9-20(24)21-10-2-6-14-25(21)32)31-29(18-19)33-26-15-7-3-11-22(26)23-12-4-8-16-27(23)33;1-5-21(6-2-17(1)19-9-13-23-14-10-19)25-22-7-3-18(4-8-22)20-11-15-24-16-12-20;1-3-7-12-10(5-1)9-11-6-2-4-8-13(11)12;6-4-1-3(8)2-5(7)9-4/h1-34H;1-18H;1-16,25H;1-8H,9H2;1-2H. The number of fused-ring (bicyclic) bond motifs is 15. The Morgan fingerprint density at radius 3 is 0.723 bits per heavy atom. The molecule has 1 aliphatic rings. The van der Waals surface area contributed by atoms with Gasteiger partial charge in [-0.3, -0.25) is 38.2 Å². The summed E-state index contributed by atoms with van der Waals surface area (Å²) in [5.41, 5.74) is 29.0. The quantitative estimate of drug-likeness (QED) is 0.112. The van der Waals surface area contributed by atoms with E-state index < -0.39 is 0 Å². The van der Waals surface area contributed by atoms with Crippen LogP contribution in [0.3, 0.4) is 0 Å². The van der Waals surface area contributed by atoms with E-state index in [1.807, 2.05) is 110 Å². The van der Waals surface area contributed by atoms with E-state index in [4.69, 9.17) is 33.2 Å². The molecule has 25 aromatic rings. The molecule has 1 aliphatic carbocycles. The summed E-state index contributed by atoms with van der Waals surface area (Å²) >= 11 is 18.7. The molecule has 26 rings (SSSR count). The summed E-state index contributed by atoms with van der Waals surface area (Å²) in [6, 6.07) is 148. The zero-order valence-electron chi connectivity index (χ0n) is 73.6. The summed E-state index contributed by atoms with van der Waals surface area (Å²) in [6.45, 7) is 0. The number of aromatic nitrogens is 11. The van der Waals surface area contributed by atoms with Crippen molar-refractivity contribution in [3.63, 3.8) is 0 Å². The third kappa shape index (κ3) is 17.7. The summed E-state index contributed by atoms with van der Waals surface area (Å²) in [6.07, 6.45) is 15.7. The van der Waals surface area contributed by atoms with Gasteiger partial charge in [-0.05, 0) is 263 Å². The lowest BCUT2D eigenvalue weighted by Crippen LogP contribution is -2.13. The maximum absolute atomic E-state index is 6.72. The van der Waals surface area contributed by atoms with Crippen LogP contribution in [0, 0.1) is 0 Å². The highest BCUT2D eigenvalue weighted by Gasteiger charge is 2.25. The number of benzene rings is 14. The second kappa shape index (κ2) is 38.6. The van der Waals surface area contributed by atoms with E-state index in [0.717, 1.165) is 134 Å². The zero-order valence-corrected chi connectivity index (χ0v) is 78.3. The number of hydrogen-bond acceptors (Lipinski definition) is 9. The Labute approximate surface area is 817 Å². The molecule has 0 atom stereocenters. The molecule has 0 saturated heterocycles. The van der Waals surface area contributed by atoms with Gasteiger partial charge in [0.05, 0.1) is 49.8 Å². The van der Waals surface area contributed by atoms with E-state index in [-0.39, 0.29) is 0 Å². The van der Waals surface area contributed by atoms with Crippen molar-refractivity contribution < 1.29 is 0 Å². The smallest absolute Gasteiger partial charge is 0.142 e. The van der Waals surface area contributed by atoms with Gasteiger partial charge in [0.15, 0.2) is 0 Å². The van der Waals surface area contributed by atoms with E-state index >= 15 is 0 Å². The average Bonchev–Trinajstić information content (AvgIpc) is 1.57. The lowest BCUT2D eigenvalue weighted by Gasteiger charge is -2.27. The molecule has 11 aromatic heterocycles. The molecule has 654 valence electrons. The Bertz CT molecular complexity index is 7960. The van der Waals surface area contributed by atoms with Crippen LogP contribution in [0.5, 0.6) is 0 Å². The Kier molecular flexibility index (Phi) is 24.2. The molecule has 0 fully saturated rings. The van der Waals surface area contributed by atoms with Gasteiger partial charge >= 0.3 is 0 Å². The first-order valence-corrected chi connectivity index (χ1v) is 47.3. The van der Waals surface area contributed by atoms with Gasteiger partial charge in [-0.15, -0.1) is 0 Å². The van der Waals surface area contributed by atoms with Crippen molar-refractivity contribution in [1.82, 2.24) is 53.2 Å². The van der Waals surface area contributed by atoms with E-state index in [1.54, 1.807) is 12.1 Å². The minimum absolute atomic E-state index is 0.652. The predicted molar refractivity (Wildman–Crippen MR) is 574 cm³/mol. The van der Waals surface area contributed by atoms with Gasteiger partial charge in [-0.25, -0.2) is 15.0 Å². The van der Waals surface area contributed by atoms with Gasteiger partial charge in [0.1, 0.15) is 32.5 Å². The summed E-state index contributed by atoms with van der Waals surface area (Å²) in [4.78, 5) is 33.7. The summed E-state index contributed by atoms with van der Waals surface area (Å²) < 4.78 is 10.5. The number of hydrogen-bond donors (Lipinski definition) is 1. The van der Waals surface area contributed by atoms with Crippen molar-refractivity contribution in [2.75, 3.05) is 10.2 Å².